The molecule has 0 saturated carbocycles. The number of rotatable bonds is 5. The van der Waals surface area contributed by atoms with E-state index >= 15 is 0 Å². The lowest BCUT2D eigenvalue weighted by atomic mass is 10.2. The van der Waals surface area contributed by atoms with Crippen molar-refractivity contribution in [2.75, 3.05) is 57.7 Å². The SMILES string of the molecule is COc1ccc(C(=O)Nc2ccc(N3CCN(C)CC3)nc2)cc1OC. The van der Waals surface area contributed by atoms with Crippen LogP contribution in [0.1, 0.15) is 10.4 Å². The van der Waals surface area contributed by atoms with Crippen LogP contribution in [-0.4, -0.2) is 63.2 Å². The van der Waals surface area contributed by atoms with Crippen LogP contribution in [0.3, 0.4) is 0 Å². The Labute approximate surface area is 153 Å². The first-order valence-electron chi connectivity index (χ1n) is 8.53. The third kappa shape index (κ3) is 4.05. The Bertz CT molecular complexity index is 756. The molecule has 2 heterocycles. The van der Waals surface area contributed by atoms with Crippen LogP contribution in [0, 0.1) is 0 Å². The number of benzene rings is 1. The van der Waals surface area contributed by atoms with Crippen LogP contribution in [-0.2, 0) is 0 Å². The highest BCUT2D eigenvalue weighted by molar-refractivity contribution is 6.04. The topological polar surface area (TPSA) is 66.9 Å². The summed E-state index contributed by atoms with van der Waals surface area (Å²) < 4.78 is 10.4. The Kier molecular flexibility index (Phi) is 5.58. The third-order valence-corrected chi connectivity index (χ3v) is 4.48. The number of hydrogen-bond acceptors (Lipinski definition) is 6. The fourth-order valence-corrected chi connectivity index (χ4v) is 2.86. The predicted octanol–water partition coefficient (Wildman–Crippen LogP) is 2.10. The monoisotopic (exact) mass is 356 g/mol. The van der Waals surface area contributed by atoms with E-state index in [4.69, 9.17) is 9.47 Å². The molecule has 0 unspecified atom stereocenters. The van der Waals surface area contributed by atoms with Crippen molar-refractivity contribution in [3.63, 3.8) is 0 Å². The van der Waals surface area contributed by atoms with Gasteiger partial charge in [0.2, 0.25) is 0 Å². The van der Waals surface area contributed by atoms with Gasteiger partial charge in [0.1, 0.15) is 5.82 Å². The van der Waals surface area contributed by atoms with E-state index in [0.29, 0.717) is 22.7 Å². The number of carbonyl (C=O) groups is 1. The number of piperazine rings is 1. The number of anilines is 2. The maximum absolute atomic E-state index is 12.5. The smallest absolute Gasteiger partial charge is 0.255 e. The van der Waals surface area contributed by atoms with E-state index in [1.807, 2.05) is 12.1 Å². The van der Waals surface area contributed by atoms with Gasteiger partial charge in [0, 0.05) is 31.7 Å². The number of hydrogen-bond donors (Lipinski definition) is 1. The van der Waals surface area contributed by atoms with Gasteiger partial charge in [0.15, 0.2) is 11.5 Å². The number of methoxy groups -OCH3 is 2. The molecule has 1 N–H and O–H groups in total. The van der Waals surface area contributed by atoms with Crippen molar-refractivity contribution in [1.82, 2.24) is 9.88 Å². The minimum Gasteiger partial charge on any atom is -0.493 e. The summed E-state index contributed by atoms with van der Waals surface area (Å²) >= 11 is 0. The predicted molar refractivity (Wildman–Crippen MR) is 101 cm³/mol. The molecule has 2 aromatic rings. The van der Waals surface area contributed by atoms with Crippen molar-refractivity contribution in [2.45, 2.75) is 0 Å². The highest BCUT2D eigenvalue weighted by Gasteiger charge is 2.15. The molecule has 7 nitrogen and oxygen atoms in total. The summed E-state index contributed by atoms with van der Waals surface area (Å²) in [6.07, 6.45) is 1.69. The van der Waals surface area contributed by atoms with Gasteiger partial charge in [-0.15, -0.1) is 0 Å². The fraction of sp³-hybridized carbons (Fsp3) is 0.368. The van der Waals surface area contributed by atoms with Gasteiger partial charge in [0.25, 0.3) is 5.91 Å². The zero-order valence-corrected chi connectivity index (χ0v) is 15.4. The molecule has 0 spiro atoms. The molecule has 0 aliphatic carbocycles. The molecule has 3 rings (SSSR count). The van der Waals surface area contributed by atoms with E-state index in [1.54, 1.807) is 38.6 Å². The molecule has 26 heavy (non-hydrogen) atoms. The van der Waals surface area contributed by atoms with E-state index in [2.05, 4.69) is 27.1 Å². The molecular weight excluding hydrogens is 332 g/mol. The second-order valence-electron chi connectivity index (χ2n) is 6.22. The first kappa shape index (κ1) is 18.0. The van der Waals surface area contributed by atoms with Crippen LogP contribution in [0.25, 0.3) is 0 Å². The maximum atomic E-state index is 12.5. The number of pyridine rings is 1. The molecule has 138 valence electrons. The molecular formula is C19H24N4O3. The van der Waals surface area contributed by atoms with Gasteiger partial charge in [-0.2, -0.15) is 0 Å². The van der Waals surface area contributed by atoms with Crippen LogP contribution < -0.4 is 19.7 Å². The molecule has 0 bridgehead atoms. The summed E-state index contributed by atoms with van der Waals surface area (Å²) in [4.78, 5) is 21.5. The van der Waals surface area contributed by atoms with Gasteiger partial charge in [-0.1, -0.05) is 0 Å². The molecule has 1 saturated heterocycles. The zero-order chi connectivity index (χ0) is 18.5. The molecule has 1 fully saturated rings. The Morgan fingerprint density at radius 1 is 1.04 bits per heavy atom. The molecule has 0 atom stereocenters. The van der Waals surface area contributed by atoms with E-state index in [-0.39, 0.29) is 5.91 Å². The molecule has 1 aliphatic heterocycles. The second-order valence-corrected chi connectivity index (χ2v) is 6.22. The largest absolute Gasteiger partial charge is 0.493 e. The average Bonchev–Trinajstić information content (AvgIpc) is 2.68. The minimum absolute atomic E-state index is 0.222. The van der Waals surface area contributed by atoms with Gasteiger partial charge in [-0.05, 0) is 37.4 Å². The minimum atomic E-state index is -0.222. The lowest BCUT2D eigenvalue weighted by molar-refractivity contribution is 0.102. The van der Waals surface area contributed by atoms with Crippen LogP contribution in [0.4, 0.5) is 11.5 Å². The maximum Gasteiger partial charge on any atom is 0.255 e. The Morgan fingerprint density at radius 2 is 1.77 bits per heavy atom. The summed E-state index contributed by atoms with van der Waals surface area (Å²) in [6, 6.07) is 8.88. The number of nitrogens with one attached hydrogen (secondary N) is 1. The van der Waals surface area contributed by atoms with E-state index < -0.39 is 0 Å². The number of nitrogens with zero attached hydrogens (tertiary/aromatic N) is 3. The number of carbonyl (C=O) groups excluding carboxylic acids is 1. The molecule has 1 aromatic carbocycles. The van der Waals surface area contributed by atoms with Gasteiger partial charge < -0.3 is 24.6 Å². The van der Waals surface area contributed by atoms with Crippen molar-refractivity contribution in [3.8, 4) is 11.5 Å². The third-order valence-electron chi connectivity index (χ3n) is 4.48. The van der Waals surface area contributed by atoms with Crippen molar-refractivity contribution >= 4 is 17.4 Å². The first-order valence-corrected chi connectivity index (χ1v) is 8.53. The van der Waals surface area contributed by atoms with Gasteiger partial charge >= 0.3 is 0 Å². The highest BCUT2D eigenvalue weighted by atomic mass is 16.5. The van der Waals surface area contributed by atoms with Crippen molar-refractivity contribution in [1.29, 1.82) is 0 Å². The lowest BCUT2D eigenvalue weighted by Gasteiger charge is -2.33. The Morgan fingerprint density at radius 3 is 2.38 bits per heavy atom. The summed E-state index contributed by atoms with van der Waals surface area (Å²) in [5, 5.41) is 2.86. The molecule has 1 amide bonds. The Hall–Kier alpha value is -2.80. The van der Waals surface area contributed by atoms with Crippen LogP contribution in [0.5, 0.6) is 11.5 Å². The Balaban J connectivity index is 1.66. The zero-order valence-electron chi connectivity index (χ0n) is 15.4. The molecule has 1 aromatic heterocycles. The van der Waals surface area contributed by atoms with E-state index in [9.17, 15) is 4.79 Å². The van der Waals surface area contributed by atoms with Crippen molar-refractivity contribution in [3.05, 3.63) is 42.1 Å². The lowest BCUT2D eigenvalue weighted by Crippen LogP contribution is -2.44. The number of aromatic nitrogens is 1. The summed E-state index contributed by atoms with van der Waals surface area (Å²) in [5.74, 6) is 1.81. The number of likely N-dealkylation sites (N-methyl/N-ethyl adjacent to an activating group) is 1. The van der Waals surface area contributed by atoms with Crippen molar-refractivity contribution in [2.24, 2.45) is 0 Å². The number of amides is 1. The van der Waals surface area contributed by atoms with Crippen LogP contribution in [0.2, 0.25) is 0 Å². The summed E-state index contributed by atoms with van der Waals surface area (Å²) in [5.41, 5.74) is 1.15. The van der Waals surface area contributed by atoms with Gasteiger partial charge in [-0.25, -0.2) is 4.98 Å². The molecule has 1 aliphatic rings. The van der Waals surface area contributed by atoms with Crippen LogP contribution in [0.15, 0.2) is 36.5 Å². The second kappa shape index (κ2) is 8.05. The van der Waals surface area contributed by atoms with Crippen LogP contribution >= 0.6 is 0 Å². The van der Waals surface area contributed by atoms with E-state index in [1.165, 1.54) is 0 Å². The summed E-state index contributed by atoms with van der Waals surface area (Å²) in [7, 11) is 5.23. The van der Waals surface area contributed by atoms with E-state index in [0.717, 1.165) is 32.0 Å². The number of ether oxygens (including phenoxy) is 2. The van der Waals surface area contributed by atoms with Gasteiger partial charge in [-0.3, -0.25) is 4.79 Å². The summed E-state index contributed by atoms with van der Waals surface area (Å²) in [6.45, 7) is 3.97. The first-order chi connectivity index (χ1) is 12.6. The standard InChI is InChI=1S/C19H24N4O3/c1-22-8-10-23(11-9-22)18-7-5-15(13-20-18)21-19(24)14-4-6-16(25-2)17(12-14)26-3/h4-7,12-13H,8-11H2,1-3H3,(H,21,24). The fourth-order valence-electron chi connectivity index (χ4n) is 2.86. The van der Waals surface area contributed by atoms with Crippen molar-refractivity contribution < 1.29 is 14.3 Å². The van der Waals surface area contributed by atoms with Gasteiger partial charge in [0.05, 0.1) is 26.1 Å². The average molecular weight is 356 g/mol. The molecule has 7 heteroatoms. The molecule has 0 radical (unpaired) electrons. The quantitative estimate of drug-likeness (QED) is 0.885. The highest BCUT2D eigenvalue weighted by Crippen LogP contribution is 2.28. The normalized spacial score (nSPS) is 14.8.